The van der Waals surface area contributed by atoms with Crippen molar-refractivity contribution in [1.82, 2.24) is 0 Å². The minimum Gasteiger partial charge on any atom is -0.497 e. The molecule has 3 aromatic carbocycles. The maximum atomic E-state index is 14.2. The van der Waals surface area contributed by atoms with E-state index in [4.69, 9.17) is 9.47 Å². The molecule has 2 atom stereocenters. The number of methoxy groups -OCH3 is 2. The Morgan fingerprint density at radius 2 is 1.56 bits per heavy atom. The van der Waals surface area contributed by atoms with E-state index >= 15 is 0 Å². The predicted molar refractivity (Wildman–Crippen MR) is 124 cm³/mol. The first kappa shape index (κ1) is 23.2. The number of rotatable bonds is 6. The van der Waals surface area contributed by atoms with Crippen LogP contribution in [-0.2, 0) is 9.59 Å². The first-order valence-electron chi connectivity index (χ1n) is 10.8. The number of anilines is 2. The normalized spacial score (nSPS) is 17.9. The molecule has 8 heteroatoms. The smallest absolute Gasteiger partial charge is 0.230 e. The quantitative estimate of drug-likeness (QED) is 0.549. The second-order valence-corrected chi connectivity index (χ2v) is 7.94. The van der Waals surface area contributed by atoms with Gasteiger partial charge in [-0.25, -0.2) is 8.78 Å². The molecule has 1 aliphatic rings. The molecule has 176 valence electrons. The van der Waals surface area contributed by atoms with E-state index in [9.17, 15) is 18.4 Å². The molecular formula is C26H24F2N2O4. The van der Waals surface area contributed by atoms with Crippen molar-refractivity contribution in [3.05, 3.63) is 83.9 Å². The van der Waals surface area contributed by atoms with Crippen molar-refractivity contribution in [3.63, 3.8) is 0 Å². The molecule has 0 bridgehead atoms. The summed E-state index contributed by atoms with van der Waals surface area (Å²) in [5.41, 5.74) is 1.07. The Hall–Kier alpha value is -3.94. The number of nitrogens with zero attached hydrogens (tertiary/aromatic N) is 1. The number of carbonyl (C=O) groups is 2. The van der Waals surface area contributed by atoms with Crippen LogP contribution in [0.15, 0.2) is 66.7 Å². The molecule has 0 aliphatic carbocycles. The van der Waals surface area contributed by atoms with E-state index in [0.717, 1.165) is 18.2 Å². The summed E-state index contributed by atoms with van der Waals surface area (Å²) >= 11 is 0. The molecule has 2 amide bonds. The second-order valence-electron chi connectivity index (χ2n) is 7.94. The van der Waals surface area contributed by atoms with Gasteiger partial charge in [-0.2, -0.15) is 0 Å². The average molecular weight is 466 g/mol. The molecule has 0 saturated carbocycles. The Kier molecular flexibility index (Phi) is 6.77. The summed E-state index contributed by atoms with van der Waals surface area (Å²) in [4.78, 5) is 28.0. The third-order valence-electron chi connectivity index (χ3n) is 5.93. The molecule has 1 saturated heterocycles. The lowest BCUT2D eigenvalue weighted by Crippen LogP contribution is -2.47. The van der Waals surface area contributed by atoms with Crippen LogP contribution in [0.5, 0.6) is 11.5 Å². The second kappa shape index (κ2) is 9.91. The topological polar surface area (TPSA) is 67.9 Å². The number of hydrogen-bond donors (Lipinski definition) is 1. The fraction of sp³-hybridized carbons (Fsp3) is 0.231. The molecule has 4 rings (SSSR count). The van der Waals surface area contributed by atoms with Crippen molar-refractivity contribution >= 4 is 23.2 Å². The molecule has 0 unspecified atom stereocenters. The molecule has 34 heavy (non-hydrogen) atoms. The van der Waals surface area contributed by atoms with Crippen LogP contribution < -0.4 is 19.7 Å². The number of benzene rings is 3. The number of hydrogen-bond acceptors (Lipinski definition) is 4. The van der Waals surface area contributed by atoms with E-state index in [-0.39, 0.29) is 24.4 Å². The third kappa shape index (κ3) is 4.71. The zero-order valence-electron chi connectivity index (χ0n) is 18.8. The highest BCUT2D eigenvalue weighted by Gasteiger charge is 2.41. The van der Waals surface area contributed by atoms with Crippen LogP contribution in [0.25, 0.3) is 0 Å². The zero-order chi connectivity index (χ0) is 24.2. The first-order valence-corrected chi connectivity index (χ1v) is 10.8. The highest BCUT2D eigenvalue weighted by atomic mass is 19.1. The minimum atomic E-state index is -0.741. The van der Waals surface area contributed by atoms with Crippen LogP contribution in [0.4, 0.5) is 20.2 Å². The molecule has 1 fully saturated rings. The fourth-order valence-corrected chi connectivity index (χ4v) is 4.22. The Morgan fingerprint density at radius 1 is 0.941 bits per heavy atom. The molecule has 3 aromatic rings. The zero-order valence-corrected chi connectivity index (χ0v) is 18.8. The first-order chi connectivity index (χ1) is 16.4. The van der Waals surface area contributed by atoms with Gasteiger partial charge in [-0.05, 0) is 60.5 Å². The van der Waals surface area contributed by atoms with Crippen molar-refractivity contribution in [2.24, 2.45) is 5.92 Å². The maximum Gasteiger partial charge on any atom is 0.230 e. The van der Waals surface area contributed by atoms with Gasteiger partial charge in [0.2, 0.25) is 11.8 Å². The molecule has 1 heterocycles. The van der Waals surface area contributed by atoms with E-state index in [1.54, 1.807) is 67.7 Å². The molecule has 1 N–H and O–H groups in total. The van der Waals surface area contributed by atoms with E-state index in [0.29, 0.717) is 22.7 Å². The summed E-state index contributed by atoms with van der Waals surface area (Å²) in [6, 6.07) is 16.3. The van der Waals surface area contributed by atoms with Crippen LogP contribution in [0.1, 0.15) is 24.4 Å². The molecule has 0 spiro atoms. The Balaban J connectivity index is 1.74. The van der Waals surface area contributed by atoms with E-state index in [2.05, 4.69) is 5.32 Å². The largest absolute Gasteiger partial charge is 0.497 e. The summed E-state index contributed by atoms with van der Waals surface area (Å²) in [6.07, 6.45) is 0.382. The van der Waals surface area contributed by atoms with Gasteiger partial charge in [0.05, 0.1) is 31.9 Å². The van der Waals surface area contributed by atoms with Gasteiger partial charge in [0, 0.05) is 18.2 Å². The van der Waals surface area contributed by atoms with Gasteiger partial charge in [0.1, 0.15) is 23.1 Å². The van der Waals surface area contributed by atoms with Crippen molar-refractivity contribution in [3.8, 4) is 11.5 Å². The maximum absolute atomic E-state index is 14.2. The number of halogens is 2. The van der Waals surface area contributed by atoms with E-state index in [1.165, 1.54) is 0 Å². The summed E-state index contributed by atoms with van der Waals surface area (Å²) in [5.74, 6) is -1.51. The summed E-state index contributed by atoms with van der Waals surface area (Å²) < 4.78 is 38.3. The lowest BCUT2D eigenvalue weighted by Gasteiger charge is -2.41. The van der Waals surface area contributed by atoms with Crippen molar-refractivity contribution < 1.29 is 27.8 Å². The van der Waals surface area contributed by atoms with Gasteiger partial charge < -0.3 is 19.7 Å². The van der Waals surface area contributed by atoms with E-state index in [1.807, 2.05) is 0 Å². The van der Waals surface area contributed by atoms with Gasteiger partial charge in [-0.3, -0.25) is 9.59 Å². The summed E-state index contributed by atoms with van der Waals surface area (Å²) in [6.45, 7) is 0. The lowest BCUT2D eigenvalue weighted by atomic mass is 9.83. The SMILES string of the molecule is COc1ccc([C@@H]2[C@H](C(=O)Nc3cc(F)ccc3F)CCC(=O)N2c2ccc(OC)cc2)cc1. The number of nitrogens with one attached hydrogen (secondary N) is 1. The predicted octanol–water partition coefficient (Wildman–Crippen LogP) is 5.11. The molecule has 6 nitrogen and oxygen atoms in total. The van der Waals surface area contributed by atoms with Gasteiger partial charge in [0.15, 0.2) is 0 Å². The van der Waals surface area contributed by atoms with Crippen LogP contribution in [0.2, 0.25) is 0 Å². The van der Waals surface area contributed by atoms with Crippen molar-refractivity contribution in [2.75, 3.05) is 24.4 Å². The lowest BCUT2D eigenvalue weighted by molar-refractivity contribution is -0.126. The van der Waals surface area contributed by atoms with Crippen LogP contribution in [0, 0.1) is 17.6 Å². The summed E-state index contributed by atoms with van der Waals surface area (Å²) in [7, 11) is 3.10. The van der Waals surface area contributed by atoms with Crippen LogP contribution >= 0.6 is 0 Å². The molecular weight excluding hydrogens is 442 g/mol. The monoisotopic (exact) mass is 466 g/mol. The summed E-state index contributed by atoms with van der Waals surface area (Å²) in [5, 5.41) is 2.51. The van der Waals surface area contributed by atoms with Gasteiger partial charge in [-0.15, -0.1) is 0 Å². The Labute approximate surface area is 196 Å². The number of ether oxygens (including phenoxy) is 2. The van der Waals surface area contributed by atoms with Crippen molar-refractivity contribution in [1.29, 1.82) is 0 Å². The van der Waals surface area contributed by atoms with E-state index < -0.39 is 29.5 Å². The van der Waals surface area contributed by atoms with Gasteiger partial charge >= 0.3 is 0 Å². The van der Waals surface area contributed by atoms with Crippen molar-refractivity contribution in [2.45, 2.75) is 18.9 Å². The fourth-order valence-electron chi connectivity index (χ4n) is 4.22. The standard InChI is InChI=1S/C26H24F2N2O4/c1-33-19-8-3-16(4-9-19)25-21(26(32)29-23-15-17(27)5-13-22(23)28)12-14-24(31)30(25)18-6-10-20(34-2)11-7-18/h3-11,13,15,21,25H,12,14H2,1-2H3,(H,29,32)/t21-,25-/m1/s1. The molecule has 0 radical (unpaired) electrons. The Bertz CT molecular complexity index is 1180. The van der Waals surface area contributed by atoms with Crippen LogP contribution in [-0.4, -0.2) is 26.0 Å². The highest BCUT2D eigenvalue weighted by Crippen LogP contribution is 2.41. The highest BCUT2D eigenvalue weighted by molar-refractivity contribution is 6.00. The molecule has 1 aliphatic heterocycles. The van der Waals surface area contributed by atoms with Gasteiger partial charge in [0.25, 0.3) is 0 Å². The number of amides is 2. The third-order valence-corrected chi connectivity index (χ3v) is 5.93. The molecule has 0 aromatic heterocycles. The number of piperidine rings is 1. The minimum absolute atomic E-state index is 0.127. The van der Waals surface area contributed by atoms with Gasteiger partial charge in [-0.1, -0.05) is 12.1 Å². The number of carbonyl (C=O) groups excluding carboxylic acids is 2. The Morgan fingerprint density at radius 3 is 2.18 bits per heavy atom. The average Bonchev–Trinajstić information content (AvgIpc) is 2.86. The van der Waals surface area contributed by atoms with Crippen LogP contribution in [0.3, 0.4) is 0 Å².